The Bertz CT molecular complexity index is 418. The average Bonchev–Trinajstić information content (AvgIpc) is 2.83. The van der Waals surface area contributed by atoms with Gasteiger partial charge in [-0.15, -0.1) is 11.3 Å². The van der Waals surface area contributed by atoms with Crippen molar-refractivity contribution in [1.29, 1.82) is 0 Å². The van der Waals surface area contributed by atoms with Crippen molar-refractivity contribution >= 4 is 17.2 Å². The van der Waals surface area contributed by atoms with E-state index in [0.717, 1.165) is 30.1 Å². The van der Waals surface area contributed by atoms with Crippen molar-refractivity contribution in [3.05, 3.63) is 16.1 Å². The molecule has 18 heavy (non-hydrogen) atoms. The number of carbonyl (C=O) groups is 1. The van der Waals surface area contributed by atoms with Gasteiger partial charge in [0, 0.05) is 30.1 Å². The van der Waals surface area contributed by atoms with E-state index in [1.165, 1.54) is 6.42 Å². The zero-order valence-electron chi connectivity index (χ0n) is 11.1. The number of nitrogens with two attached hydrogens (primary N) is 1. The van der Waals surface area contributed by atoms with E-state index in [2.05, 4.69) is 10.4 Å². The van der Waals surface area contributed by atoms with Crippen LogP contribution in [0.15, 0.2) is 5.38 Å². The number of hydrogen-bond donors (Lipinski definition) is 1. The van der Waals surface area contributed by atoms with Crippen LogP contribution < -0.4 is 5.73 Å². The van der Waals surface area contributed by atoms with Gasteiger partial charge in [-0.1, -0.05) is 6.92 Å². The standard InChI is InChI=1S/C13H21N3OS/c1-9(7-14)13(17)16-6-4-3-5-11(16)12-15-10(2)8-18-12/h8-9,11H,3-7,14H2,1-2H3. The van der Waals surface area contributed by atoms with Gasteiger partial charge in [0.05, 0.1) is 6.04 Å². The maximum atomic E-state index is 12.3. The van der Waals surface area contributed by atoms with E-state index in [1.807, 2.05) is 18.7 Å². The fraction of sp³-hybridized carbons (Fsp3) is 0.692. The van der Waals surface area contributed by atoms with Gasteiger partial charge >= 0.3 is 0 Å². The van der Waals surface area contributed by atoms with Gasteiger partial charge in [-0.05, 0) is 26.2 Å². The first kappa shape index (κ1) is 13.5. The molecule has 2 heterocycles. The Morgan fingerprint density at radius 2 is 2.44 bits per heavy atom. The number of hydrogen-bond acceptors (Lipinski definition) is 4. The second-order valence-corrected chi connectivity index (χ2v) is 5.90. The van der Waals surface area contributed by atoms with E-state index in [1.54, 1.807) is 11.3 Å². The van der Waals surface area contributed by atoms with Gasteiger partial charge in [0.1, 0.15) is 5.01 Å². The molecular weight excluding hydrogens is 246 g/mol. The number of likely N-dealkylation sites (tertiary alicyclic amines) is 1. The van der Waals surface area contributed by atoms with Crippen LogP contribution in [0.1, 0.15) is 42.9 Å². The van der Waals surface area contributed by atoms with Crippen LogP contribution in [0, 0.1) is 12.8 Å². The highest BCUT2D eigenvalue weighted by atomic mass is 32.1. The molecule has 1 aromatic rings. The summed E-state index contributed by atoms with van der Waals surface area (Å²) in [5, 5.41) is 3.13. The monoisotopic (exact) mass is 267 g/mol. The van der Waals surface area contributed by atoms with Gasteiger partial charge in [0.15, 0.2) is 0 Å². The number of thiazole rings is 1. The molecule has 2 atom stereocenters. The Hall–Kier alpha value is -0.940. The van der Waals surface area contributed by atoms with E-state index in [0.29, 0.717) is 6.54 Å². The molecule has 0 aromatic carbocycles. The second-order valence-electron chi connectivity index (χ2n) is 5.01. The first-order valence-corrected chi connectivity index (χ1v) is 7.44. The lowest BCUT2D eigenvalue weighted by Gasteiger charge is -2.36. The van der Waals surface area contributed by atoms with Crippen molar-refractivity contribution in [3.8, 4) is 0 Å². The van der Waals surface area contributed by atoms with Gasteiger partial charge in [0.2, 0.25) is 5.91 Å². The average molecular weight is 267 g/mol. The Kier molecular flexibility index (Phi) is 4.35. The van der Waals surface area contributed by atoms with Gasteiger partial charge in [0.25, 0.3) is 0 Å². The van der Waals surface area contributed by atoms with Gasteiger partial charge in [-0.3, -0.25) is 4.79 Å². The number of piperidine rings is 1. The lowest BCUT2D eigenvalue weighted by molar-refractivity contribution is -0.138. The highest BCUT2D eigenvalue weighted by molar-refractivity contribution is 7.09. The predicted molar refractivity (Wildman–Crippen MR) is 73.4 cm³/mol. The van der Waals surface area contributed by atoms with Crippen LogP contribution in [-0.2, 0) is 4.79 Å². The summed E-state index contributed by atoms with van der Waals surface area (Å²) in [5.74, 6) is 0.0849. The quantitative estimate of drug-likeness (QED) is 0.912. The summed E-state index contributed by atoms with van der Waals surface area (Å²) in [6, 6.07) is 0.166. The molecule has 1 aliphatic heterocycles. The van der Waals surface area contributed by atoms with Crippen LogP contribution in [0.2, 0.25) is 0 Å². The molecule has 0 bridgehead atoms. The maximum Gasteiger partial charge on any atom is 0.227 e. The zero-order valence-corrected chi connectivity index (χ0v) is 11.9. The molecule has 1 aliphatic rings. The van der Waals surface area contributed by atoms with Gasteiger partial charge in [-0.25, -0.2) is 4.98 Å². The molecule has 2 unspecified atom stereocenters. The summed E-state index contributed by atoms with van der Waals surface area (Å²) >= 11 is 1.66. The number of aromatic nitrogens is 1. The summed E-state index contributed by atoms with van der Waals surface area (Å²) in [7, 11) is 0. The Balaban J connectivity index is 2.18. The fourth-order valence-corrected chi connectivity index (χ4v) is 3.30. The van der Waals surface area contributed by atoms with Crippen molar-refractivity contribution in [1.82, 2.24) is 9.88 Å². The molecule has 1 aromatic heterocycles. The Labute approximate surface area is 112 Å². The molecule has 0 radical (unpaired) electrons. The summed E-state index contributed by atoms with van der Waals surface area (Å²) in [4.78, 5) is 18.9. The van der Waals surface area contributed by atoms with E-state index >= 15 is 0 Å². The summed E-state index contributed by atoms with van der Waals surface area (Å²) < 4.78 is 0. The van der Waals surface area contributed by atoms with Crippen LogP contribution in [-0.4, -0.2) is 28.9 Å². The van der Waals surface area contributed by atoms with Crippen molar-refractivity contribution in [2.75, 3.05) is 13.1 Å². The molecule has 1 fully saturated rings. The summed E-state index contributed by atoms with van der Waals surface area (Å²) in [6.45, 7) is 5.16. The molecule has 1 saturated heterocycles. The predicted octanol–water partition coefficient (Wildman–Crippen LogP) is 2.10. The van der Waals surface area contributed by atoms with Crippen LogP contribution in [0.25, 0.3) is 0 Å². The first-order valence-electron chi connectivity index (χ1n) is 6.56. The number of aryl methyl sites for hydroxylation is 1. The SMILES string of the molecule is Cc1csc(C2CCCCN2C(=O)C(C)CN)n1. The molecule has 0 saturated carbocycles. The molecule has 5 heteroatoms. The number of rotatable bonds is 3. The molecule has 0 aliphatic carbocycles. The third kappa shape index (κ3) is 2.72. The minimum absolute atomic E-state index is 0.0911. The Morgan fingerprint density at radius 1 is 1.67 bits per heavy atom. The summed E-state index contributed by atoms with van der Waals surface area (Å²) in [5.41, 5.74) is 6.65. The smallest absolute Gasteiger partial charge is 0.227 e. The van der Waals surface area contributed by atoms with E-state index in [4.69, 9.17) is 5.73 Å². The first-order chi connectivity index (χ1) is 8.63. The lowest BCUT2D eigenvalue weighted by Crippen LogP contribution is -2.43. The summed E-state index contributed by atoms with van der Waals surface area (Å²) in [6.07, 6.45) is 3.28. The Morgan fingerprint density at radius 3 is 3.06 bits per heavy atom. The fourth-order valence-electron chi connectivity index (χ4n) is 2.36. The van der Waals surface area contributed by atoms with Crippen molar-refractivity contribution in [2.45, 2.75) is 39.2 Å². The van der Waals surface area contributed by atoms with Crippen molar-refractivity contribution in [3.63, 3.8) is 0 Å². The van der Waals surface area contributed by atoms with Crippen LogP contribution in [0.5, 0.6) is 0 Å². The van der Waals surface area contributed by atoms with Gasteiger partial charge in [-0.2, -0.15) is 0 Å². The minimum atomic E-state index is -0.0911. The van der Waals surface area contributed by atoms with Crippen molar-refractivity contribution in [2.24, 2.45) is 11.7 Å². The van der Waals surface area contributed by atoms with Crippen molar-refractivity contribution < 1.29 is 4.79 Å². The number of carbonyl (C=O) groups excluding carboxylic acids is 1. The largest absolute Gasteiger partial charge is 0.333 e. The minimum Gasteiger partial charge on any atom is -0.333 e. The third-order valence-corrected chi connectivity index (χ3v) is 4.55. The number of amides is 1. The molecular formula is C13H21N3OS. The van der Waals surface area contributed by atoms with Gasteiger partial charge < -0.3 is 10.6 Å². The highest BCUT2D eigenvalue weighted by Crippen LogP contribution is 2.33. The molecule has 2 rings (SSSR count). The zero-order chi connectivity index (χ0) is 13.1. The molecule has 0 spiro atoms. The molecule has 100 valence electrons. The van der Waals surface area contributed by atoms with Crippen LogP contribution >= 0.6 is 11.3 Å². The van der Waals surface area contributed by atoms with Crippen LogP contribution in [0.3, 0.4) is 0 Å². The van der Waals surface area contributed by atoms with Crippen LogP contribution in [0.4, 0.5) is 0 Å². The molecule has 2 N–H and O–H groups in total. The topological polar surface area (TPSA) is 59.2 Å². The lowest BCUT2D eigenvalue weighted by atomic mass is 10.00. The third-order valence-electron chi connectivity index (χ3n) is 3.48. The maximum absolute atomic E-state index is 12.3. The normalized spacial score (nSPS) is 21.9. The second kappa shape index (κ2) is 5.80. The van der Waals surface area contributed by atoms with E-state index in [9.17, 15) is 4.79 Å². The molecule has 1 amide bonds. The molecule has 4 nitrogen and oxygen atoms in total. The van der Waals surface area contributed by atoms with E-state index in [-0.39, 0.29) is 17.9 Å². The van der Waals surface area contributed by atoms with E-state index < -0.39 is 0 Å². The number of nitrogens with zero attached hydrogens (tertiary/aromatic N) is 2. The highest BCUT2D eigenvalue weighted by Gasteiger charge is 2.31.